The molecule has 0 spiro atoms. The highest BCUT2D eigenvalue weighted by atomic mass is 16.5. The number of rotatable bonds is 7. The Morgan fingerprint density at radius 1 is 1.32 bits per heavy atom. The monoisotopic (exact) mass is 299 g/mol. The van der Waals surface area contributed by atoms with Gasteiger partial charge in [-0.05, 0) is 43.5 Å². The molecule has 1 aromatic carbocycles. The van der Waals surface area contributed by atoms with Crippen molar-refractivity contribution in [2.45, 2.75) is 44.9 Å². The van der Waals surface area contributed by atoms with E-state index in [0.29, 0.717) is 11.6 Å². The van der Waals surface area contributed by atoms with E-state index in [1.807, 2.05) is 24.3 Å². The van der Waals surface area contributed by atoms with Gasteiger partial charge in [0.2, 0.25) is 0 Å². The van der Waals surface area contributed by atoms with E-state index in [1.54, 1.807) is 4.68 Å². The second kappa shape index (κ2) is 6.73. The predicted molar refractivity (Wildman–Crippen MR) is 83.7 cm³/mol. The summed E-state index contributed by atoms with van der Waals surface area (Å²) in [6.45, 7) is 2.88. The number of ether oxygens (including phenoxy) is 1. The first-order valence-corrected chi connectivity index (χ1v) is 7.97. The summed E-state index contributed by atoms with van der Waals surface area (Å²) in [7, 11) is 0. The molecule has 0 amide bonds. The summed E-state index contributed by atoms with van der Waals surface area (Å²) in [5.74, 6) is 1.26. The van der Waals surface area contributed by atoms with Gasteiger partial charge in [0.05, 0.1) is 18.0 Å². The van der Waals surface area contributed by atoms with Gasteiger partial charge in [-0.15, -0.1) is 5.10 Å². The van der Waals surface area contributed by atoms with Gasteiger partial charge < -0.3 is 4.74 Å². The molecule has 0 atom stereocenters. The molecule has 0 bridgehead atoms. The molecule has 1 aliphatic carbocycles. The minimum atomic E-state index is 0.399. The van der Waals surface area contributed by atoms with E-state index in [-0.39, 0.29) is 0 Å². The minimum absolute atomic E-state index is 0.399. The predicted octanol–water partition coefficient (Wildman–Crippen LogP) is 3.53. The number of aldehydes is 1. The van der Waals surface area contributed by atoms with Crippen LogP contribution in [0, 0.1) is 0 Å². The van der Waals surface area contributed by atoms with E-state index in [4.69, 9.17) is 4.74 Å². The van der Waals surface area contributed by atoms with Gasteiger partial charge in [-0.1, -0.05) is 25.0 Å². The summed E-state index contributed by atoms with van der Waals surface area (Å²) in [6.07, 6.45) is 6.40. The van der Waals surface area contributed by atoms with Crippen LogP contribution in [0.25, 0.3) is 5.69 Å². The molecule has 0 unspecified atom stereocenters. The fourth-order valence-electron chi connectivity index (χ4n) is 2.66. The third-order valence-corrected chi connectivity index (χ3v) is 4.18. The largest absolute Gasteiger partial charge is 0.494 e. The number of aromatic nitrogens is 3. The number of unbranched alkanes of at least 4 members (excludes halogenated alkanes) is 1. The van der Waals surface area contributed by atoms with Gasteiger partial charge in [0, 0.05) is 5.92 Å². The van der Waals surface area contributed by atoms with Crippen molar-refractivity contribution < 1.29 is 9.53 Å². The Morgan fingerprint density at radius 2 is 2.09 bits per heavy atom. The highest BCUT2D eigenvalue weighted by molar-refractivity contribution is 5.74. The van der Waals surface area contributed by atoms with Gasteiger partial charge in [-0.3, -0.25) is 4.79 Å². The van der Waals surface area contributed by atoms with Crippen LogP contribution in [-0.2, 0) is 0 Å². The van der Waals surface area contributed by atoms with Gasteiger partial charge in [-0.2, -0.15) is 0 Å². The average molecular weight is 299 g/mol. The van der Waals surface area contributed by atoms with Gasteiger partial charge in [-0.25, -0.2) is 4.68 Å². The van der Waals surface area contributed by atoms with Crippen molar-refractivity contribution in [3.63, 3.8) is 0 Å². The van der Waals surface area contributed by atoms with Crippen LogP contribution in [0.5, 0.6) is 5.75 Å². The summed E-state index contributed by atoms with van der Waals surface area (Å²) in [4.78, 5) is 11.2. The smallest absolute Gasteiger partial charge is 0.172 e. The SMILES string of the molecule is CCCCOc1ccc(-n2nnc(C=O)c2C2CCC2)cc1. The fourth-order valence-corrected chi connectivity index (χ4v) is 2.66. The molecule has 1 heterocycles. The zero-order valence-corrected chi connectivity index (χ0v) is 12.9. The normalized spacial score (nSPS) is 14.6. The number of carbonyl (C=O) groups excluding carboxylic acids is 1. The maximum atomic E-state index is 11.2. The van der Waals surface area contributed by atoms with Crippen LogP contribution in [-0.4, -0.2) is 27.9 Å². The second-order valence-electron chi connectivity index (χ2n) is 5.71. The van der Waals surface area contributed by atoms with E-state index >= 15 is 0 Å². The lowest BCUT2D eigenvalue weighted by Gasteiger charge is -2.26. The first-order valence-electron chi connectivity index (χ1n) is 7.97. The third-order valence-electron chi connectivity index (χ3n) is 4.18. The van der Waals surface area contributed by atoms with Crippen molar-refractivity contribution >= 4 is 6.29 Å². The van der Waals surface area contributed by atoms with Crippen molar-refractivity contribution in [2.75, 3.05) is 6.61 Å². The van der Waals surface area contributed by atoms with Crippen molar-refractivity contribution in [2.24, 2.45) is 0 Å². The van der Waals surface area contributed by atoms with Crippen molar-refractivity contribution in [3.05, 3.63) is 35.7 Å². The number of benzene rings is 1. The average Bonchev–Trinajstić information content (AvgIpc) is 2.90. The number of nitrogens with zero attached hydrogens (tertiary/aromatic N) is 3. The maximum absolute atomic E-state index is 11.2. The van der Waals surface area contributed by atoms with Crippen LogP contribution in [0.3, 0.4) is 0 Å². The molecule has 1 fully saturated rings. The first kappa shape index (κ1) is 14.8. The standard InChI is InChI=1S/C17H21N3O2/c1-2-3-11-22-15-9-7-14(8-10-15)20-17(13-5-4-6-13)16(12-21)18-19-20/h7-10,12-13H,2-6,11H2,1H3. The van der Waals surface area contributed by atoms with Gasteiger partial charge in [0.25, 0.3) is 0 Å². The van der Waals surface area contributed by atoms with Gasteiger partial charge in [0.15, 0.2) is 6.29 Å². The van der Waals surface area contributed by atoms with Crippen LogP contribution < -0.4 is 4.74 Å². The Kier molecular flexibility index (Phi) is 4.51. The molecule has 1 aromatic heterocycles. The summed E-state index contributed by atoms with van der Waals surface area (Å²) < 4.78 is 7.47. The minimum Gasteiger partial charge on any atom is -0.494 e. The Hall–Kier alpha value is -2.17. The molecule has 1 aliphatic rings. The number of carbonyl (C=O) groups is 1. The van der Waals surface area contributed by atoms with E-state index in [1.165, 1.54) is 6.42 Å². The molecule has 5 heteroatoms. The van der Waals surface area contributed by atoms with Crippen LogP contribution in [0.2, 0.25) is 0 Å². The van der Waals surface area contributed by atoms with E-state index in [2.05, 4.69) is 17.2 Å². The van der Waals surface area contributed by atoms with E-state index in [0.717, 1.165) is 55.7 Å². The van der Waals surface area contributed by atoms with Crippen LogP contribution in [0.15, 0.2) is 24.3 Å². The summed E-state index contributed by atoms with van der Waals surface area (Å²) >= 11 is 0. The number of hydrogen-bond acceptors (Lipinski definition) is 4. The Balaban J connectivity index is 1.81. The molecular formula is C17H21N3O2. The molecule has 3 rings (SSSR count). The summed E-state index contributed by atoms with van der Waals surface area (Å²) in [6, 6.07) is 7.81. The highest BCUT2D eigenvalue weighted by Crippen LogP contribution is 2.38. The molecule has 116 valence electrons. The molecule has 0 aliphatic heterocycles. The van der Waals surface area contributed by atoms with Crippen LogP contribution in [0.1, 0.15) is 61.1 Å². The molecule has 0 saturated heterocycles. The molecule has 0 N–H and O–H groups in total. The third kappa shape index (κ3) is 2.89. The van der Waals surface area contributed by atoms with Gasteiger partial charge in [0.1, 0.15) is 11.4 Å². The second-order valence-corrected chi connectivity index (χ2v) is 5.71. The molecule has 5 nitrogen and oxygen atoms in total. The van der Waals surface area contributed by atoms with E-state index in [9.17, 15) is 4.79 Å². The van der Waals surface area contributed by atoms with Gasteiger partial charge >= 0.3 is 0 Å². The van der Waals surface area contributed by atoms with Crippen LogP contribution >= 0.6 is 0 Å². The molecule has 1 saturated carbocycles. The van der Waals surface area contributed by atoms with Crippen molar-refractivity contribution in [1.82, 2.24) is 15.0 Å². The highest BCUT2D eigenvalue weighted by Gasteiger charge is 2.28. The zero-order chi connectivity index (χ0) is 15.4. The quantitative estimate of drug-likeness (QED) is 0.580. The lowest BCUT2D eigenvalue weighted by Crippen LogP contribution is -2.15. The maximum Gasteiger partial charge on any atom is 0.172 e. The molecule has 22 heavy (non-hydrogen) atoms. The number of hydrogen-bond donors (Lipinski definition) is 0. The van der Waals surface area contributed by atoms with E-state index < -0.39 is 0 Å². The van der Waals surface area contributed by atoms with Crippen molar-refractivity contribution in [1.29, 1.82) is 0 Å². The summed E-state index contributed by atoms with van der Waals surface area (Å²) in [5.41, 5.74) is 2.33. The van der Waals surface area contributed by atoms with Crippen molar-refractivity contribution in [3.8, 4) is 11.4 Å². The fraction of sp³-hybridized carbons (Fsp3) is 0.471. The Bertz CT molecular complexity index is 630. The van der Waals surface area contributed by atoms with Crippen LogP contribution in [0.4, 0.5) is 0 Å². The lowest BCUT2D eigenvalue weighted by molar-refractivity contribution is 0.111. The molecule has 2 aromatic rings. The Labute approximate surface area is 130 Å². The first-order chi connectivity index (χ1) is 10.8. The molecule has 0 radical (unpaired) electrons. The Morgan fingerprint density at radius 3 is 2.68 bits per heavy atom. The lowest BCUT2D eigenvalue weighted by atomic mass is 9.82. The molecular weight excluding hydrogens is 278 g/mol. The topological polar surface area (TPSA) is 57.0 Å². The zero-order valence-electron chi connectivity index (χ0n) is 12.9. The summed E-state index contributed by atoms with van der Waals surface area (Å²) in [5, 5.41) is 8.17.